The van der Waals surface area contributed by atoms with Crippen molar-refractivity contribution in [1.82, 2.24) is 0 Å². The first-order chi connectivity index (χ1) is 20.6. The zero-order valence-electron chi connectivity index (χ0n) is 24.7. The van der Waals surface area contributed by atoms with Gasteiger partial charge < -0.3 is 34.3 Å². The largest absolute Gasteiger partial charge is 0.460 e. The molecule has 5 rings (SSSR count). The number of aliphatic hydroxyl groups is 3. The molecule has 0 amide bonds. The number of ketones is 1. The third kappa shape index (κ3) is 4.70. The number of alkyl halides is 2. The molecule has 1 heterocycles. The summed E-state index contributed by atoms with van der Waals surface area (Å²) < 4.78 is 23.2. The SMILES string of the molecule is CC1=C2[C@@H](OC(=O)CCl)C(=O)[C@@]3(C)C([C@H](OC(=O)c4ccccc4)[C@](O)(C[C@@H]1O)C2(C)C)[C@]1(O)CO[C@@H]1C[C@@H]3OC(=O)CCl. The van der Waals surface area contributed by atoms with E-state index in [9.17, 15) is 29.7 Å². The van der Waals surface area contributed by atoms with Crippen LogP contribution in [0.4, 0.5) is 0 Å². The smallest absolute Gasteiger partial charge is 0.338 e. The van der Waals surface area contributed by atoms with Crippen LogP contribution in [0.1, 0.15) is 50.9 Å². The van der Waals surface area contributed by atoms with Gasteiger partial charge in [0.2, 0.25) is 0 Å². The fourth-order valence-electron chi connectivity index (χ4n) is 7.84. The van der Waals surface area contributed by atoms with Crippen molar-refractivity contribution in [2.45, 2.75) is 82.3 Å². The fourth-order valence-corrected chi connectivity index (χ4v) is 7.97. The normalized spacial score (nSPS) is 39.1. The molecule has 2 bridgehead atoms. The van der Waals surface area contributed by atoms with Crippen molar-refractivity contribution < 1.29 is 53.4 Å². The summed E-state index contributed by atoms with van der Waals surface area (Å²) in [5.74, 6) is -6.12. The lowest BCUT2D eigenvalue weighted by Crippen LogP contribution is -2.81. The maximum absolute atomic E-state index is 15.0. The molecule has 44 heavy (non-hydrogen) atoms. The number of benzene rings is 1. The lowest BCUT2D eigenvalue weighted by molar-refractivity contribution is -0.344. The highest BCUT2D eigenvalue weighted by Gasteiger charge is 2.77. The highest BCUT2D eigenvalue weighted by Crippen LogP contribution is 2.63. The number of hydrogen-bond donors (Lipinski definition) is 3. The molecule has 11 nitrogen and oxygen atoms in total. The standard InChI is InChI=1S/C31H36Cl2O11/c1-15-17(34)11-31(40)26(44-27(38)16-8-6-5-7-9-16)24-29(4,18(42-20(35)12-32)10-19-30(24,39)14-41-19)25(37)23(43-21(36)13-33)22(15)28(31,2)3/h5-9,17-19,23-24,26,34,39-40H,10-14H2,1-4H3/t17-,18-,19+,23+,24?,26-,29+,30-,31+/m0/s1. The lowest BCUT2D eigenvalue weighted by atomic mass is 9.44. The molecule has 4 aliphatic rings. The van der Waals surface area contributed by atoms with Gasteiger partial charge >= 0.3 is 17.9 Å². The Hall–Kier alpha value is -2.54. The van der Waals surface area contributed by atoms with E-state index < -0.39 is 93.9 Å². The Morgan fingerprint density at radius 2 is 1.61 bits per heavy atom. The summed E-state index contributed by atoms with van der Waals surface area (Å²) in [5.41, 5.74) is -7.00. The predicted molar refractivity (Wildman–Crippen MR) is 155 cm³/mol. The summed E-state index contributed by atoms with van der Waals surface area (Å²) in [6.07, 6.45) is -7.55. The third-order valence-electron chi connectivity index (χ3n) is 10.3. The second kappa shape index (κ2) is 11.4. The molecule has 9 atom stereocenters. The Bertz CT molecular complexity index is 1400. The summed E-state index contributed by atoms with van der Waals surface area (Å²) in [7, 11) is 0. The van der Waals surface area contributed by atoms with E-state index in [1.54, 1.807) is 39.0 Å². The van der Waals surface area contributed by atoms with E-state index >= 15 is 4.79 Å². The van der Waals surface area contributed by atoms with Crippen molar-refractivity contribution in [2.24, 2.45) is 16.7 Å². The maximum Gasteiger partial charge on any atom is 0.338 e. The number of Topliss-reactive ketones (excluding diaryl/α,β-unsaturated/α-hetero) is 1. The molecule has 0 radical (unpaired) electrons. The van der Waals surface area contributed by atoms with Gasteiger partial charge in [0.15, 0.2) is 11.9 Å². The number of esters is 3. The molecule has 0 spiro atoms. The molecule has 3 N–H and O–H groups in total. The summed E-state index contributed by atoms with van der Waals surface area (Å²) in [4.78, 5) is 54.0. The second-order valence-electron chi connectivity index (χ2n) is 12.8. The van der Waals surface area contributed by atoms with E-state index in [0.717, 1.165) is 0 Å². The van der Waals surface area contributed by atoms with Crippen molar-refractivity contribution in [3.05, 3.63) is 47.0 Å². The highest BCUT2D eigenvalue weighted by atomic mass is 35.5. The van der Waals surface area contributed by atoms with Crippen LogP contribution in [0.5, 0.6) is 0 Å². The molecular formula is C31H36Cl2O11. The van der Waals surface area contributed by atoms with E-state index in [1.807, 2.05) is 0 Å². The van der Waals surface area contributed by atoms with Crippen molar-refractivity contribution in [1.29, 1.82) is 0 Å². The van der Waals surface area contributed by atoms with Crippen molar-refractivity contribution in [2.75, 3.05) is 18.4 Å². The van der Waals surface area contributed by atoms with Crippen LogP contribution in [0.3, 0.4) is 0 Å². The topological polar surface area (TPSA) is 166 Å². The summed E-state index contributed by atoms with van der Waals surface area (Å²) in [6.45, 7) is 5.86. The number of aliphatic hydroxyl groups excluding tert-OH is 1. The first kappa shape index (κ1) is 32.8. The summed E-state index contributed by atoms with van der Waals surface area (Å²) in [6, 6.07) is 7.96. The van der Waals surface area contributed by atoms with Crippen molar-refractivity contribution in [3.8, 4) is 0 Å². The zero-order valence-corrected chi connectivity index (χ0v) is 26.3. The number of carbonyl (C=O) groups is 4. The Morgan fingerprint density at radius 1 is 1.00 bits per heavy atom. The number of fused-ring (bicyclic) bond motifs is 5. The molecule has 240 valence electrons. The second-order valence-corrected chi connectivity index (χ2v) is 13.4. The molecule has 1 aliphatic heterocycles. The fraction of sp³-hybridized carbons (Fsp3) is 0.613. The number of hydrogen-bond acceptors (Lipinski definition) is 11. The van der Waals surface area contributed by atoms with Crippen LogP contribution in [0, 0.1) is 16.7 Å². The number of halogens is 2. The molecular weight excluding hydrogens is 619 g/mol. The molecule has 1 aromatic rings. The Balaban J connectivity index is 1.82. The third-order valence-corrected chi connectivity index (χ3v) is 10.8. The highest BCUT2D eigenvalue weighted by molar-refractivity contribution is 6.26. The summed E-state index contributed by atoms with van der Waals surface area (Å²) in [5, 5.41) is 36.4. The van der Waals surface area contributed by atoms with Crippen LogP contribution < -0.4 is 0 Å². The first-order valence-corrected chi connectivity index (χ1v) is 15.4. The minimum absolute atomic E-state index is 0.0871. The molecule has 3 fully saturated rings. The van der Waals surface area contributed by atoms with Crippen LogP contribution in [-0.4, -0.2) is 99.1 Å². The molecule has 3 aliphatic carbocycles. The number of ether oxygens (including phenoxy) is 4. The lowest BCUT2D eigenvalue weighted by Gasteiger charge is -2.67. The van der Waals surface area contributed by atoms with Crippen LogP contribution in [0.2, 0.25) is 0 Å². The van der Waals surface area contributed by atoms with Gasteiger partial charge in [-0.2, -0.15) is 0 Å². The van der Waals surface area contributed by atoms with Gasteiger partial charge in [0.05, 0.1) is 29.8 Å². The van der Waals surface area contributed by atoms with Gasteiger partial charge in [0, 0.05) is 24.2 Å². The van der Waals surface area contributed by atoms with Crippen molar-refractivity contribution in [3.63, 3.8) is 0 Å². The van der Waals surface area contributed by atoms with Gasteiger partial charge in [-0.1, -0.05) is 32.0 Å². The van der Waals surface area contributed by atoms with Crippen LogP contribution in [0.15, 0.2) is 41.5 Å². The van der Waals surface area contributed by atoms with Gasteiger partial charge in [-0.25, -0.2) is 4.79 Å². The van der Waals surface area contributed by atoms with Crippen molar-refractivity contribution >= 4 is 46.9 Å². The number of carbonyl (C=O) groups excluding carboxylic acids is 4. The van der Waals surface area contributed by atoms with Crippen LogP contribution >= 0.6 is 23.2 Å². The minimum Gasteiger partial charge on any atom is -0.460 e. The average molecular weight is 656 g/mol. The Labute approximate surface area is 264 Å². The number of rotatable bonds is 6. The van der Waals surface area contributed by atoms with Crippen LogP contribution in [-0.2, 0) is 33.3 Å². The molecule has 1 saturated heterocycles. The van der Waals surface area contributed by atoms with Gasteiger partial charge in [-0.15, -0.1) is 23.2 Å². The van der Waals surface area contributed by atoms with E-state index in [2.05, 4.69) is 0 Å². The van der Waals surface area contributed by atoms with E-state index in [0.29, 0.717) is 0 Å². The Morgan fingerprint density at radius 3 is 2.18 bits per heavy atom. The molecule has 2 saturated carbocycles. The molecule has 13 heteroatoms. The summed E-state index contributed by atoms with van der Waals surface area (Å²) >= 11 is 11.6. The van der Waals surface area contributed by atoms with E-state index in [1.165, 1.54) is 19.1 Å². The Kier molecular flexibility index (Phi) is 8.48. The van der Waals surface area contributed by atoms with Gasteiger partial charge in [0.1, 0.15) is 35.2 Å². The minimum atomic E-state index is -2.17. The molecule has 1 unspecified atom stereocenters. The maximum atomic E-state index is 15.0. The van der Waals surface area contributed by atoms with Crippen LogP contribution in [0.25, 0.3) is 0 Å². The van der Waals surface area contributed by atoms with E-state index in [-0.39, 0.29) is 36.2 Å². The average Bonchev–Trinajstić information content (AvgIpc) is 2.99. The molecule has 1 aromatic carbocycles. The quantitative estimate of drug-likeness (QED) is 0.178. The zero-order chi connectivity index (χ0) is 32.4. The monoisotopic (exact) mass is 654 g/mol. The predicted octanol–water partition coefficient (Wildman–Crippen LogP) is 2.09. The van der Waals surface area contributed by atoms with E-state index in [4.69, 9.17) is 42.1 Å². The first-order valence-electron chi connectivity index (χ1n) is 14.3. The van der Waals surface area contributed by atoms with Gasteiger partial charge in [0.25, 0.3) is 0 Å². The molecule has 0 aromatic heterocycles. The van der Waals surface area contributed by atoms with Gasteiger partial charge in [-0.05, 0) is 37.1 Å². The van der Waals surface area contributed by atoms with Gasteiger partial charge in [-0.3, -0.25) is 14.4 Å².